The van der Waals surface area contributed by atoms with E-state index in [9.17, 15) is 9.59 Å². The van der Waals surface area contributed by atoms with Crippen LogP contribution in [0.1, 0.15) is 40.7 Å². The average Bonchev–Trinajstić information content (AvgIpc) is 3.35. The minimum absolute atomic E-state index is 0.0238. The number of thiophene rings is 1. The molecule has 0 spiro atoms. The molecule has 0 saturated heterocycles. The summed E-state index contributed by atoms with van der Waals surface area (Å²) in [6.07, 6.45) is 0.804. The molecule has 7 heteroatoms. The summed E-state index contributed by atoms with van der Waals surface area (Å²) in [5.74, 6) is 1.08. The van der Waals surface area contributed by atoms with Crippen molar-refractivity contribution in [1.82, 2.24) is 9.80 Å². The Balaban J connectivity index is 1.54. The lowest BCUT2D eigenvalue weighted by molar-refractivity contribution is -0.136. The van der Waals surface area contributed by atoms with Crippen LogP contribution in [0, 0.1) is 0 Å². The van der Waals surface area contributed by atoms with E-state index < -0.39 is 0 Å². The van der Waals surface area contributed by atoms with Crippen molar-refractivity contribution in [3.8, 4) is 11.5 Å². The van der Waals surface area contributed by atoms with Crippen LogP contribution < -0.4 is 9.47 Å². The number of rotatable bonds is 8. The summed E-state index contributed by atoms with van der Waals surface area (Å²) in [5.41, 5.74) is 1.70. The van der Waals surface area contributed by atoms with E-state index in [4.69, 9.17) is 9.47 Å². The predicted molar refractivity (Wildman–Crippen MR) is 134 cm³/mol. The molecule has 4 rings (SSSR count). The predicted octanol–water partition coefficient (Wildman–Crippen LogP) is 4.81. The van der Waals surface area contributed by atoms with Gasteiger partial charge in [0.25, 0.3) is 5.91 Å². The average molecular weight is 479 g/mol. The molecule has 0 radical (unpaired) electrons. The van der Waals surface area contributed by atoms with Gasteiger partial charge in [-0.25, -0.2) is 0 Å². The van der Waals surface area contributed by atoms with Gasteiger partial charge < -0.3 is 19.3 Å². The van der Waals surface area contributed by atoms with Gasteiger partial charge in [0, 0.05) is 23.0 Å². The zero-order chi connectivity index (χ0) is 24.1. The van der Waals surface area contributed by atoms with E-state index in [2.05, 4.69) is 11.4 Å². The van der Waals surface area contributed by atoms with Crippen molar-refractivity contribution in [3.63, 3.8) is 0 Å². The van der Waals surface area contributed by atoms with Gasteiger partial charge in [0.15, 0.2) is 11.5 Å². The highest BCUT2D eigenvalue weighted by molar-refractivity contribution is 7.10. The van der Waals surface area contributed by atoms with Crippen molar-refractivity contribution >= 4 is 23.2 Å². The van der Waals surface area contributed by atoms with E-state index in [0.29, 0.717) is 30.2 Å². The number of ether oxygens (including phenoxy) is 2. The quantitative estimate of drug-likeness (QED) is 0.466. The Bertz CT molecular complexity index is 1130. The minimum atomic E-state index is -0.228. The Morgan fingerprint density at radius 2 is 1.76 bits per heavy atom. The van der Waals surface area contributed by atoms with Gasteiger partial charge in [0.2, 0.25) is 5.91 Å². The second-order valence-corrected chi connectivity index (χ2v) is 9.51. The Morgan fingerprint density at radius 1 is 1.06 bits per heavy atom. The number of amides is 2. The van der Waals surface area contributed by atoms with Gasteiger partial charge in [0.1, 0.15) is 13.2 Å². The lowest BCUT2D eigenvalue weighted by atomic mass is 10.00. The maximum atomic E-state index is 13.6. The molecular formula is C27H30N2O4S. The summed E-state index contributed by atoms with van der Waals surface area (Å²) in [7, 11) is 1.61. The molecule has 34 heavy (non-hydrogen) atoms. The van der Waals surface area contributed by atoms with Crippen molar-refractivity contribution in [2.24, 2.45) is 0 Å². The molecule has 1 unspecified atom stereocenters. The van der Waals surface area contributed by atoms with E-state index >= 15 is 0 Å². The fourth-order valence-electron chi connectivity index (χ4n) is 4.25. The first kappa shape index (κ1) is 23.8. The second kappa shape index (κ2) is 10.7. The van der Waals surface area contributed by atoms with Gasteiger partial charge in [-0.05, 0) is 61.5 Å². The maximum absolute atomic E-state index is 13.6. The molecule has 0 bridgehead atoms. The van der Waals surface area contributed by atoms with Crippen LogP contribution in [0.25, 0.3) is 0 Å². The molecule has 1 aromatic heterocycles. The van der Waals surface area contributed by atoms with Gasteiger partial charge in [-0.1, -0.05) is 30.3 Å². The SMILES string of the molecule is COc1ccccc1OCC1c2ccsc2CCN1C(=O)CN(C(=O)c1ccccc1)C(C)C. The molecule has 0 saturated carbocycles. The first-order valence-corrected chi connectivity index (χ1v) is 12.3. The third-order valence-electron chi connectivity index (χ3n) is 6.09. The topological polar surface area (TPSA) is 59.1 Å². The Kier molecular flexibility index (Phi) is 7.53. The molecule has 6 nitrogen and oxygen atoms in total. The number of para-hydroxylation sites is 2. The van der Waals surface area contributed by atoms with Crippen LogP contribution in [0.3, 0.4) is 0 Å². The molecule has 2 amide bonds. The van der Waals surface area contributed by atoms with Gasteiger partial charge in [-0.3, -0.25) is 9.59 Å². The molecular weight excluding hydrogens is 448 g/mol. The minimum Gasteiger partial charge on any atom is -0.493 e. The summed E-state index contributed by atoms with van der Waals surface area (Å²) in [6.45, 7) is 4.80. The highest BCUT2D eigenvalue weighted by Gasteiger charge is 2.34. The molecule has 0 fully saturated rings. The van der Waals surface area contributed by atoms with Crippen LogP contribution >= 0.6 is 11.3 Å². The van der Waals surface area contributed by atoms with E-state index in [0.717, 1.165) is 12.0 Å². The Morgan fingerprint density at radius 3 is 2.47 bits per heavy atom. The molecule has 2 aromatic carbocycles. The molecule has 2 heterocycles. The summed E-state index contributed by atoms with van der Waals surface area (Å²) < 4.78 is 11.6. The largest absolute Gasteiger partial charge is 0.493 e. The van der Waals surface area contributed by atoms with Gasteiger partial charge >= 0.3 is 0 Å². The molecule has 0 N–H and O–H groups in total. The number of hydrogen-bond acceptors (Lipinski definition) is 5. The number of methoxy groups -OCH3 is 1. The molecule has 3 aromatic rings. The van der Waals surface area contributed by atoms with E-state index in [1.54, 1.807) is 35.5 Å². The standard InChI is InChI=1S/C27H30N2O4S/c1-19(2)29(27(31)20-9-5-4-6-10-20)17-26(30)28-15-13-25-21(14-16-34-25)22(28)18-33-24-12-8-7-11-23(24)32-3/h4-12,14,16,19,22H,13,15,17-18H2,1-3H3. The summed E-state index contributed by atoms with van der Waals surface area (Å²) in [6, 6.07) is 18.3. The highest BCUT2D eigenvalue weighted by Crippen LogP contribution is 2.35. The second-order valence-electron chi connectivity index (χ2n) is 8.51. The van der Waals surface area contributed by atoms with Gasteiger partial charge in [-0.15, -0.1) is 11.3 Å². The first-order chi connectivity index (χ1) is 16.5. The van der Waals surface area contributed by atoms with Crippen LogP contribution in [0.4, 0.5) is 0 Å². The summed E-state index contributed by atoms with van der Waals surface area (Å²) >= 11 is 1.71. The Hall–Kier alpha value is -3.32. The molecule has 0 aliphatic carbocycles. The fourth-order valence-corrected chi connectivity index (χ4v) is 5.18. The lowest BCUT2D eigenvalue weighted by Gasteiger charge is -2.37. The normalized spacial score (nSPS) is 15.1. The molecule has 1 aliphatic heterocycles. The lowest BCUT2D eigenvalue weighted by Crippen LogP contribution is -2.49. The number of fused-ring (bicyclic) bond motifs is 1. The van der Waals surface area contributed by atoms with E-state index in [1.807, 2.05) is 61.2 Å². The maximum Gasteiger partial charge on any atom is 0.254 e. The number of carbonyl (C=O) groups excluding carboxylic acids is 2. The van der Waals surface area contributed by atoms with Crippen LogP contribution in [0.2, 0.25) is 0 Å². The summed E-state index contributed by atoms with van der Waals surface area (Å²) in [4.78, 5) is 31.5. The third-order valence-corrected chi connectivity index (χ3v) is 7.09. The fraction of sp³-hybridized carbons (Fsp3) is 0.333. The molecule has 178 valence electrons. The first-order valence-electron chi connectivity index (χ1n) is 11.5. The number of carbonyl (C=O) groups is 2. The van der Waals surface area contributed by atoms with E-state index in [-0.39, 0.29) is 30.4 Å². The van der Waals surface area contributed by atoms with Crippen LogP contribution in [0.5, 0.6) is 11.5 Å². The molecule has 1 aliphatic rings. The van der Waals surface area contributed by atoms with Crippen LogP contribution in [0.15, 0.2) is 66.0 Å². The number of hydrogen-bond donors (Lipinski definition) is 0. The van der Waals surface area contributed by atoms with Crippen molar-refractivity contribution in [3.05, 3.63) is 82.0 Å². The van der Waals surface area contributed by atoms with Crippen LogP contribution in [-0.2, 0) is 11.2 Å². The monoisotopic (exact) mass is 478 g/mol. The van der Waals surface area contributed by atoms with Crippen molar-refractivity contribution in [1.29, 1.82) is 0 Å². The molecule has 1 atom stereocenters. The third kappa shape index (κ3) is 5.09. The van der Waals surface area contributed by atoms with Crippen molar-refractivity contribution in [2.45, 2.75) is 32.4 Å². The van der Waals surface area contributed by atoms with E-state index in [1.165, 1.54) is 4.88 Å². The van der Waals surface area contributed by atoms with Gasteiger partial charge in [-0.2, -0.15) is 0 Å². The Labute approximate surface area is 204 Å². The van der Waals surface area contributed by atoms with Gasteiger partial charge in [0.05, 0.1) is 13.2 Å². The highest BCUT2D eigenvalue weighted by atomic mass is 32.1. The zero-order valence-electron chi connectivity index (χ0n) is 19.8. The van der Waals surface area contributed by atoms with Crippen LogP contribution in [-0.4, -0.2) is 54.5 Å². The summed E-state index contributed by atoms with van der Waals surface area (Å²) in [5, 5.41) is 2.06. The zero-order valence-corrected chi connectivity index (χ0v) is 20.6. The number of benzene rings is 2. The van der Waals surface area contributed by atoms with Crippen molar-refractivity contribution in [2.75, 3.05) is 26.8 Å². The van der Waals surface area contributed by atoms with Crippen molar-refractivity contribution < 1.29 is 19.1 Å². The number of nitrogens with zero attached hydrogens (tertiary/aromatic N) is 2. The smallest absolute Gasteiger partial charge is 0.254 e.